The second-order valence-corrected chi connectivity index (χ2v) is 6.83. The first kappa shape index (κ1) is 10.6. The quantitative estimate of drug-likeness (QED) is 0.583. The van der Waals surface area contributed by atoms with Crippen LogP contribution in [0, 0.1) is 17.8 Å². The van der Waals surface area contributed by atoms with E-state index in [0.29, 0.717) is 17.0 Å². The van der Waals surface area contributed by atoms with Gasteiger partial charge < -0.3 is 0 Å². The number of rotatable bonds is 2. The van der Waals surface area contributed by atoms with Gasteiger partial charge in [0, 0.05) is 5.92 Å². The van der Waals surface area contributed by atoms with Gasteiger partial charge in [0.2, 0.25) is 0 Å². The minimum Gasteiger partial charge on any atom is -0.286 e. The first-order valence-electron chi connectivity index (χ1n) is 5.76. The molecule has 84 valence electrons. The second kappa shape index (κ2) is 4.38. The third-order valence-electron chi connectivity index (χ3n) is 3.57. The molecule has 0 aromatic carbocycles. The summed E-state index contributed by atoms with van der Waals surface area (Å²) in [5.74, 6) is 1.46. The fraction of sp³-hybridized carbons (Fsp3) is 0.462. The molecule has 0 saturated heterocycles. The van der Waals surface area contributed by atoms with Crippen LogP contribution in [-0.2, 0) is 4.79 Å². The Morgan fingerprint density at radius 2 is 2.31 bits per heavy atom. The van der Waals surface area contributed by atoms with Crippen molar-refractivity contribution in [2.24, 2.45) is 17.8 Å². The van der Waals surface area contributed by atoms with Crippen molar-refractivity contribution in [3.05, 3.63) is 29.7 Å². The highest BCUT2D eigenvalue weighted by Crippen LogP contribution is 2.43. The molecule has 3 atom stereocenters. The number of fused-ring (bicyclic) bond motifs is 2. The maximum absolute atomic E-state index is 12.2. The van der Waals surface area contributed by atoms with Gasteiger partial charge in [-0.1, -0.05) is 18.2 Å². The molecule has 1 heterocycles. The molecule has 0 N–H and O–H groups in total. The molecule has 1 nitrogen and oxygen atoms in total. The van der Waals surface area contributed by atoms with Gasteiger partial charge in [0.25, 0.3) is 0 Å². The highest BCUT2D eigenvalue weighted by Gasteiger charge is 2.36. The largest absolute Gasteiger partial charge is 0.286 e. The number of carbonyl (C=O) groups excluding carboxylic acids is 1. The summed E-state index contributed by atoms with van der Waals surface area (Å²) in [6.07, 6.45) is 8.17. The third kappa shape index (κ3) is 1.98. The lowest BCUT2D eigenvalue weighted by Gasteiger charge is -2.36. The van der Waals surface area contributed by atoms with Crippen LogP contribution in [0.5, 0.6) is 0 Å². The van der Waals surface area contributed by atoms with Gasteiger partial charge in [-0.25, -0.2) is 0 Å². The molecule has 1 aromatic heterocycles. The zero-order chi connectivity index (χ0) is 11.0. The fourth-order valence-corrected chi connectivity index (χ4v) is 4.52. The van der Waals surface area contributed by atoms with E-state index in [1.165, 1.54) is 24.6 Å². The van der Waals surface area contributed by atoms with Gasteiger partial charge >= 0.3 is 0 Å². The van der Waals surface area contributed by atoms with E-state index in [4.69, 9.17) is 0 Å². The predicted octanol–water partition coefficient (Wildman–Crippen LogP) is 3.97. The summed E-state index contributed by atoms with van der Waals surface area (Å²) >= 11 is 3.10. The molecule has 0 aliphatic heterocycles. The first-order valence-corrected chi connectivity index (χ1v) is 7.46. The lowest BCUT2D eigenvalue weighted by atomic mass is 9.70. The van der Waals surface area contributed by atoms with Gasteiger partial charge in [0.05, 0.1) is 4.21 Å². The number of carbonyl (C=O) groups is 1. The third-order valence-corrected chi connectivity index (χ3v) is 5.62. The maximum atomic E-state index is 12.2. The molecule has 3 aliphatic rings. The molecule has 0 radical (unpaired) electrons. The van der Waals surface area contributed by atoms with Crippen LogP contribution in [-0.4, -0.2) is 5.12 Å². The number of hydrogen-bond acceptors (Lipinski definition) is 3. The van der Waals surface area contributed by atoms with Crippen molar-refractivity contribution in [3.8, 4) is 0 Å². The van der Waals surface area contributed by atoms with E-state index in [1.54, 1.807) is 11.3 Å². The lowest BCUT2D eigenvalue weighted by Crippen LogP contribution is -2.31. The Labute approximate surface area is 104 Å². The first-order chi connectivity index (χ1) is 7.83. The van der Waals surface area contributed by atoms with Crippen LogP contribution in [0.3, 0.4) is 0 Å². The van der Waals surface area contributed by atoms with Crippen LogP contribution in [0.1, 0.15) is 19.3 Å². The van der Waals surface area contributed by atoms with Crippen molar-refractivity contribution in [3.63, 3.8) is 0 Å². The van der Waals surface area contributed by atoms with Gasteiger partial charge in [-0.05, 0) is 54.3 Å². The monoisotopic (exact) mass is 250 g/mol. The van der Waals surface area contributed by atoms with Gasteiger partial charge in [-0.15, -0.1) is 11.3 Å². The molecule has 0 spiro atoms. The molecule has 2 bridgehead atoms. The van der Waals surface area contributed by atoms with E-state index in [-0.39, 0.29) is 5.92 Å². The molecule has 1 fully saturated rings. The Bertz CT molecular complexity index is 408. The van der Waals surface area contributed by atoms with E-state index in [9.17, 15) is 4.79 Å². The van der Waals surface area contributed by atoms with E-state index in [0.717, 1.165) is 10.6 Å². The van der Waals surface area contributed by atoms with Gasteiger partial charge in [-0.3, -0.25) is 4.79 Å². The van der Waals surface area contributed by atoms with Crippen molar-refractivity contribution < 1.29 is 4.79 Å². The number of allylic oxidation sites excluding steroid dienone is 2. The van der Waals surface area contributed by atoms with Gasteiger partial charge in [0.1, 0.15) is 0 Å². The minimum atomic E-state index is 0.274. The Kier molecular flexibility index (Phi) is 2.90. The molecule has 4 rings (SSSR count). The van der Waals surface area contributed by atoms with Crippen molar-refractivity contribution in [2.45, 2.75) is 23.5 Å². The standard InChI is InChI=1S/C13H14OS2/c14-13(16-12-2-1-7-15-12)11-8-9-3-5-10(11)6-4-9/h1-3,5,7,9-11H,4,6,8H2/t9-,10-,11+/m1/s1. The topological polar surface area (TPSA) is 17.1 Å². The molecule has 3 aliphatic carbocycles. The molecular formula is C13H14OS2. The molecular weight excluding hydrogens is 236 g/mol. The van der Waals surface area contributed by atoms with Crippen LogP contribution in [0.4, 0.5) is 0 Å². The van der Waals surface area contributed by atoms with Crippen molar-refractivity contribution in [1.29, 1.82) is 0 Å². The average molecular weight is 250 g/mol. The summed E-state index contributed by atoms with van der Waals surface area (Å²) in [7, 11) is 0. The summed E-state index contributed by atoms with van der Waals surface area (Å²) in [5, 5.41) is 2.41. The maximum Gasteiger partial charge on any atom is 0.198 e. The Balaban J connectivity index is 1.70. The Morgan fingerprint density at radius 3 is 2.88 bits per heavy atom. The zero-order valence-corrected chi connectivity index (χ0v) is 10.6. The number of thioether (sulfide) groups is 1. The summed E-state index contributed by atoms with van der Waals surface area (Å²) in [6.45, 7) is 0. The highest BCUT2D eigenvalue weighted by atomic mass is 32.2. The highest BCUT2D eigenvalue weighted by molar-refractivity contribution is 8.15. The van der Waals surface area contributed by atoms with Crippen molar-refractivity contribution in [1.82, 2.24) is 0 Å². The molecule has 1 aromatic rings. The van der Waals surface area contributed by atoms with E-state index >= 15 is 0 Å². The second-order valence-electron chi connectivity index (χ2n) is 4.58. The normalized spacial score (nSPS) is 31.9. The van der Waals surface area contributed by atoms with Crippen LogP contribution >= 0.6 is 23.1 Å². The van der Waals surface area contributed by atoms with E-state index in [2.05, 4.69) is 12.2 Å². The van der Waals surface area contributed by atoms with Crippen molar-refractivity contribution in [2.75, 3.05) is 0 Å². The zero-order valence-electron chi connectivity index (χ0n) is 8.96. The Morgan fingerprint density at radius 1 is 1.38 bits per heavy atom. The SMILES string of the molecule is O=C(Sc1cccs1)[C@H]1C[C@@H]2C=C[C@@H]1CC2. The van der Waals surface area contributed by atoms with E-state index < -0.39 is 0 Å². The summed E-state index contributed by atoms with van der Waals surface area (Å²) in [5.41, 5.74) is 0. The molecule has 16 heavy (non-hydrogen) atoms. The van der Waals surface area contributed by atoms with Gasteiger partial charge in [-0.2, -0.15) is 0 Å². The van der Waals surface area contributed by atoms with Crippen LogP contribution in [0.2, 0.25) is 0 Å². The fourth-order valence-electron chi connectivity index (χ4n) is 2.70. The van der Waals surface area contributed by atoms with Crippen LogP contribution < -0.4 is 0 Å². The average Bonchev–Trinajstić information content (AvgIpc) is 2.83. The number of thiophene rings is 1. The summed E-state index contributed by atoms with van der Waals surface area (Å²) < 4.78 is 1.13. The molecule has 0 unspecified atom stereocenters. The van der Waals surface area contributed by atoms with Crippen LogP contribution in [0.25, 0.3) is 0 Å². The smallest absolute Gasteiger partial charge is 0.198 e. The summed E-state index contributed by atoms with van der Waals surface area (Å²) in [6, 6.07) is 4.04. The summed E-state index contributed by atoms with van der Waals surface area (Å²) in [4.78, 5) is 12.2. The predicted molar refractivity (Wildman–Crippen MR) is 68.6 cm³/mol. The molecule has 0 amide bonds. The minimum absolute atomic E-state index is 0.274. The van der Waals surface area contributed by atoms with Crippen molar-refractivity contribution >= 4 is 28.2 Å². The lowest BCUT2D eigenvalue weighted by molar-refractivity contribution is -0.116. The molecule has 1 saturated carbocycles. The van der Waals surface area contributed by atoms with E-state index in [1.807, 2.05) is 17.5 Å². The van der Waals surface area contributed by atoms with Gasteiger partial charge in [0.15, 0.2) is 5.12 Å². The van der Waals surface area contributed by atoms with Crippen LogP contribution in [0.15, 0.2) is 33.9 Å². The Hall–Kier alpha value is -0.540. The number of hydrogen-bond donors (Lipinski definition) is 0. The molecule has 3 heteroatoms.